The van der Waals surface area contributed by atoms with Gasteiger partial charge in [-0.25, -0.2) is 9.67 Å². The van der Waals surface area contributed by atoms with Crippen LogP contribution in [0, 0.1) is 13.8 Å². The summed E-state index contributed by atoms with van der Waals surface area (Å²) < 4.78 is 1.97. The summed E-state index contributed by atoms with van der Waals surface area (Å²) in [5.74, 6) is 0.671. The Kier molecular flexibility index (Phi) is 10.6. The summed E-state index contributed by atoms with van der Waals surface area (Å²) in [7, 11) is 3.52. The quantitative estimate of drug-likeness (QED) is 0.292. The molecule has 9 heteroatoms. The van der Waals surface area contributed by atoms with Crippen LogP contribution >= 0.6 is 24.0 Å². The number of likely N-dealkylation sites (N-methyl/N-ethyl adjacent to an activating group) is 2. The van der Waals surface area contributed by atoms with Crippen LogP contribution in [0.2, 0.25) is 0 Å². The third-order valence-electron chi connectivity index (χ3n) is 5.95. The zero-order chi connectivity index (χ0) is 23.1. The first kappa shape index (κ1) is 27.1. The van der Waals surface area contributed by atoms with E-state index in [-0.39, 0.29) is 36.4 Å². The summed E-state index contributed by atoms with van der Waals surface area (Å²) in [5.41, 5.74) is 4.19. The van der Waals surface area contributed by atoms with Gasteiger partial charge in [-0.3, -0.25) is 9.69 Å². The Morgan fingerprint density at radius 2 is 2.00 bits per heavy atom. The van der Waals surface area contributed by atoms with Gasteiger partial charge in [-0.05, 0) is 57.5 Å². The number of aryl methyl sites for hydroxylation is 2. The van der Waals surface area contributed by atoms with Crippen molar-refractivity contribution >= 4 is 35.8 Å². The maximum Gasteiger partial charge on any atom is 0.241 e. The topological polar surface area (TPSA) is 77.8 Å². The van der Waals surface area contributed by atoms with E-state index in [1.807, 2.05) is 23.7 Å². The van der Waals surface area contributed by atoms with Crippen molar-refractivity contribution in [2.75, 3.05) is 40.3 Å². The first-order chi connectivity index (χ1) is 15.4. The average molecular weight is 568 g/mol. The number of likely N-dealkylation sites (tertiary alicyclic amines) is 1. The minimum atomic E-state index is 0. The number of rotatable bonds is 8. The number of aliphatic imine (C=N–C) groups is 1. The van der Waals surface area contributed by atoms with Crippen molar-refractivity contribution in [1.82, 2.24) is 30.2 Å². The molecule has 33 heavy (non-hydrogen) atoms. The molecule has 1 unspecified atom stereocenters. The first-order valence-corrected chi connectivity index (χ1v) is 11.5. The van der Waals surface area contributed by atoms with Crippen molar-refractivity contribution in [2.24, 2.45) is 4.99 Å². The number of hydrogen-bond acceptors (Lipinski definition) is 4. The van der Waals surface area contributed by atoms with Crippen LogP contribution in [0.25, 0.3) is 5.69 Å². The average Bonchev–Trinajstić information content (AvgIpc) is 3.37. The Balaban J connectivity index is 0.00000385. The van der Waals surface area contributed by atoms with Crippen LogP contribution in [0.3, 0.4) is 0 Å². The number of carbonyl (C=O) groups is 1. The number of carbonyl (C=O) groups excluding carboxylic acids is 1. The molecular formula is C24H38IN7O. The zero-order valence-electron chi connectivity index (χ0n) is 20.5. The van der Waals surface area contributed by atoms with E-state index in [4.69, 9.17) is 4.99 Å². The molecule has 1 saturated heterocycles. The fourth-order valence-electron chi connectivity index (χ4n) is 4.14. The van der Waals surface area contributed by atoms with E-state index in [0.29, 0.717) is 18.5 Å². The molecule has 0 aliphatic carbocycles. The molecule has 1 atom stereocenters. The number of amides is 1. The van der Waals surface area contributed by atoms with Crippen LogP contribution in [0.4, 0.5) is 0 Å². The number of hydrogen-bond donors (Lipinski definition) is 2. The minimum Gasteiger partial charge on any atom is -0.355 e. The minimum absolute atomic E-state index is 0. The van der Waals surface area contributed by atoms with Crippen molar-refractivity contribution < 1.29 is 4.79 Å². The van der Waals surface area contributed by atoms with Gasteiger partial charge in [0.15, 0.2) is 5.96 Å². The fraction of sp³-hybridized carbons (Fsp3) is 0.542. The molecule has 1 aromatic carbocycles. The number of para-hydroxylation sites is 1. The standard InChI is InChI=1S/C24H37N7O.HI/c1-6-30-13-9-11-21(30)16-26-24(27-17-23(32)29(4)5)25-15-20-10-7-8-12-22(20)31-19(3)14-18(2)28-31;/h7-8,10,12,14,21H,6,9,11,13,15-17H2,1-5H3,(H2,25,26,27);1H. The molecule has 0 saturated carbocycles. The zero-order valence-corrected chi connectivity index (χ0v) is 22.8. The van der Waals surface area contributed by atoms with Gasteiger partial charge in [0.1, 0.15) is 0 Å². The van der Waals surface area contributed by atoms with Gasteiger partial charge in [-0.15, -0.1) is 24.0 Å². The lowest BCUT2D eigenvalue weighted by Gasteiger charge is -2.24. The maximum absolute atomic E-state index is 12.1. The highest BCUT2D eigenvalue weighted by atomic mass is 127. The van der Waals surface area contributed by atoms with Gasteiger partial charge >= 0.3 is 0 Å². The second kappa shape index (κ2) is 12.9. The molecule has 1 aromatic heterocycles. The Hall–Kier alpha value is -2.14. The lowest BCUT2D eigenvalue weighted by atomic mass is 10.2. The molecule has 3 rings (SSSR count). The number of benzene rings is 1. The van der Waals surface area contributed by atoms with Gasteiger partial charge in [-0.2, -0.15) is 5.10 Å². The summed E-state index contributed by atoms with van der Waals surface area (Å²) in [6.07, 6.45) is 2.42. The van der Waals surface area contributed by atoms with E-state index in [0.717, 1.165) is 42.3 Å². The highest BCUT2D eigenvalue weighted by Crippen LogP contribution is 2.18. The summed E-state index contributed by atoms with van der Waals surface area (Å²) >= 11 is 0. The van der Waals surface area contributed by atoms with Crippen LogP contribution in [0.5, 0.6) is 0 Å². The second-order valence-electron chi connectivity index (χ2n) is 8.58. The van der Waals surface area contributed by atoms with Gasteiger partial charge in [0, 0.05) is 32.4 Å². The van der Waals surface area contributed by atoms with Crippen LogP contribution in [-0.4, -0.2) is 77.8 Å². The second-order valence-corrected chi connectivity index (χ2v) is 8.58. The van der Waals surface area contributed by atoms with E-state index in [1.165, 1.54) is 12.8 Å². The smallest absolute Gasteiger partial charge is 0.241 e. The van der Waals surface area contributed by atoms with Gasteiger partial charge in [0.2, 0.25) is 5.91 Å². The molecule has 1 aliphatic rings. The number of aromatic nitrogens is 2. The lowest BCUT2D eigenvalue weighted by Crippen LogP contribution is -2.47. The summed E-state index contributed by atoms with van der Waals surface area (Å²) in [6, 6.07) is 10.8. The van der Waals surface area contributed by atoms with Crippen LogP contribution in [-0.2, 0) is 11.3 Å². The van der Waals surface area contributed by atoms with Gasteiger partial charge < -0.3 is 15.5 Å². The van der Waals surface area contributed by atoms with Crippen molar-refractivity contribution in [3.8, 4) is 5.69 Å². The SMILES string of the molecule is CCN1CCCC1CNC(=NCc1ccccc1-n1nc(C)cc1C)NCC(=O)N(C)C.I. The van der Waals surface area contributed by atoms with E-state index >= 15 is 0 Å². The Bertz CT molecular complexity index is 941. The molecule has 0 spiro atoms. The summed E-state index contributed by atoms with van der Waals surface area (Å²) in [5, 5.41) is 11.3. The fourth-order valence-corrected chi connectivity index (χ4v) is 4.14. The predicted molar refractivity (Wildman–Crippen MR) is 145 cm³/mol. The van der Waals surface area contributed by atoms with Crippen molar-refractivity contribution in [3.63, 3.8) is 0 Å². The monoisotopic (exact) mass is 567 g/mol. The third kappa shape index (κ3) is 7.43. The molecule has 8 nitrogen and oxygen atoms in total. The molecule has 2 aromatic rings. The van der Waals surface area contributed by atoms with Gasteiger partial charge in [0.25, 0.3) is 0 Å². The molecule has 1 fully saturated rings. The van der Waals surface area contributed by atoms with Crippen LogP contribution in [0.15, 0.2) is 35.3 Å². The maximum atomic E-state index is 12.1. The molecule has 2 N–H and O–H groups in total. The van der Waals surface area contributed by atoms with Gasteiger partial charge in [-0.1, -0.05) is 25.1 Å². The summed E-state index contributed by atoms with van der Waals surface area (Å²) in [6.45, 7) is 9.98. The van der Waals surface area contributed by atoms with E-state index < -0.39 is 0 Å². The third-order valence-corrected chi connectivity index (χ3v) is 5.95. The number of guanidine groups is 1. The van der Waals surface area contributed by atoms with E-state index in [9.17, 15) is 4.79 Å². The highest BCUT2D eigenvalue weighted by molar-refractivity contribution is 14.0. The largest absolute Gasteiger partial charge is 0.355 e. The lowest BCUT2D eigenvalue weighted by molar-refractivity contribution is -0.127. The van der Waals surface area contributed by atoms with Crippen molar-refractivity contribution in [1.29, 1.82) is 0 Å². The highest BCUT2D eigenvalue weighted by Gasteiger charge is 2.23. The molecule has 1 aliphatic heterocycles. The molecule has 182 valence electrons. The van der Waals surface area contributed by atoms with Crippen molar-refractivity contribution in [2.45, 2.75) is 46.2 Å². The molecule has 1 amide bonds. The van der Waals surface area contributed by atoms with E-state index in [2.05, 4.69) is 52.7 Å². The Labute approximate surface area is 214 Å². The Morgan fingerprint density at radius 1 is 1.24 bits per heavy atom. The number of nitrogens with zero attached hydrogens (tertiary/aromatic N) is 5. The predicted octanol–water partition coefficient (Wildman–Crippen LogP) is 2.71. The van der Waals surface area contributed by atoms with Crippen LogP contribution in [0.1, 0.15) is 36.7 Å². The molecule has 0 radical (unpaired) electrons. The number of nitrogens with one attached hydrogen (secondary N) is 2. The van der Waals surface area contributed by atoms with Crippen LogP contribution < -0.4 is 10.6 Å². The molecule has 2 heterocycles. The molecule has 0 bridgehead atoms. The van der Waals surface area contributed by atoms with E-state index in [1.54, 1.807) is 19.0 Å². The summed E-state index contributed by atoms with van der Waals surface area (Å²) in [4.78, 5) is 21.0. The Morgan fingerprint density at radius 3 is 2.67 bits per heavy atom. The number of halogens is 1. The molecular weight excluding hydrogens is 529 g/mol. The van der Waals surface area contributed by atoms with Gasteiger partial charge in [0.05, 0.1) is 24.5 Å². The van der Waals surface area contributed by atoms with Crippen molar-refractivity contribution in [3.05, 3.63) is 47.3 Å². The normalized spacial score (nSPS) is 16.4. The first-order valence-electron chi connectivity index (χ1n) is 11.5.